The summed E-state index contributed by atoms with van der Waals surface area (Å²) in [5.74, 6) is 0.0264. The minimum Gasteiger partial charge on any atom is -0.479 e. The predicted octanol–water partition coefficient (Wildman–Crippen LogP) is 2.95. The van der Waals surface area contributed by atoms with Gasteiger partial charge in [-0.1, -0.05) is 0 Å². The molecule has 3 rings (SSSR count). The van der Waals surface area contributed by atoms with Crippen molar-refractivity contribution < 1.29 is 19.2 Å². The van der Waals surface area contributed by atoms with Crippen molar-refractivity contribution in [1.82, 2.24) is 15.4 Å². The number of aromatic nitrogens is 2. The van der Waals surface area contributed by atoms with E-state index in [0.717, 1.165) is 0 Å². The first-order chi connectivity index (χ1) is 13.2. The molecule has 1 aliphatic heterocycles. The number of hydrogen-bond donors (Lipinski definition) is 3. The number of thioether (sulfide) groups is 1. The Hall–Kier alpha value is -3.14. The van der Waals surface area contributed by atoms with Crippen molar-refractivity contribution in [2.75, 3.05) is 11.6 Å². The van der Waals surface area contributed by atoms with E-state index in [4.69, 9.17) is 15.0 Å². The van der Waals surface area contributed by atoms with Crippen molar-refractivity contribution in [2.45, 2.75) is 31.4 Å². The highest BCUT2D eigenvalue weighted by atomic mass is 32.2. The SMILES string of the molecule is CSc1nc(Nc2ccc3c(c2)OC(C)(C)C3=O)ncc1C(=O)ONC(C)=N. The standard InChI is InChI=1S/C18H19N5O4S/c1-9(19)23-27-16(25)12-8-20-17(22-15(12)28-4)21-10-5-6-11-13(7-10)26-18(2,3)14(11)24/h5-8H,1-4H3,(H2,19,23)(H,20,21,22). The Balaban J connectivity index is 1.80. The first-order valence-electron chi connectivity index (χ1n) is 8.29. The zero-order chi connectivity index (χ0) is 20.5. The molecule has 0 bridgehead atoms. The average molecular weight is 401 g/mol. The maximum atomic E-state index is 12.2. The van der Waals surface area contributed by atoms with Gasteiger partial charge in [0.1, 0.15) is 22.2 Å². The van der Waals surface area contributed by atoms with Crippen LogP contribution < -0.4 is 15.5 Å². The number of hydrogen-bond acceptors (Lipinski definition) is 9. The molecule has 9 nitrogen and oxygen atoms in total. The van der Waals surface area contributed by atoms with Crippen LogP contribution in [0, 0.1) is 5.41 Å². The largest absolute Gasteiger partial charge is 0.479 e. The van der Waals surface area contributed by atoms with Crippen molar-refractivity contribution in [3.63, 3.8) is 0 Å². The van der Waals surface area contributed by atoms with Crippen LogP contribution in [0.5, 0.6) is 5.75 Å². The first-order valence-corrected chi connectivity index (χ1v) is 9.52. The van der Waals surface area contributed by atoms with Crippen molar-refractivity contribution >= 4 is 41.0 Å². The van der Waals surface area contributed by atoms with Crippen LogP contribution >= 0.6 is 11.8 Å². The molecule has 0 radical (unpaired) electrons. The highest BCUT2D eigenvalue weighted by molar-refractivity contribution is 7.98. The number of carbonyl (C=O) groups excluding carboxylic acids is 2. The van der Waals surface area contributed by atoms with Crippen LogP contribution in [0.4, 0.5) is 11.6 Å². The van der Waals surface area contributed by atoms with Crippen molar-refractivity contribution in [3.8, 4) is 5.75 Å². The number of nitrogens with one attached hydrogen (secondary N) is 3. The average Bonchev–Trinajstić information content (AvgIpc) is 2.87. The summed E-state index contributed by atoms with van der Waals surface area (Å²) < 4.78 is 5.71. The number of hydroxylamine groups is 1. The summed E-state index contributed by atoms with van der Waals surface area (Å²) >= 11 is 1.26. The summed E-state index contributed by atoms with van der Waals surface area (Å²) in [6.07, 6.45) is 3.12. The molecule has 3 N–H and O–H groups in total. The number of rotatable bonds is 4. The predicted molar refractivity (Wildman–Crippen MR) is 105 cm³/mol. The molecular formula is C18H19N5O4S. The number of benzene rings is 1. The zero-order valence-corrected chi connectivity index (χ0v) is 16.6. The van der Waals surface area contributed by atoms with Gasteiger partial charge in [0.25, 0.3) is 0 Å². The van der Waals surface area contributed by atoms with E-state index in [1.807, 2.05) is 0 Å². The quantitative estimate of drug-likeness (QED) is 0.233. The molecule has 0 spiro atoms. The molecule has 0 saturated heterocycles. The van der Waals surface area contributed by atoms with Gasteiger partial charge in [0.05, 0.1) is 5.56 Å². The van der Waals surface area contributed by atoms with Gasteiger partial charge in [0.2, 0.25) is 11.7 Å². The van der Waals surface area contributed by atoms with Gasteiger partial charge in [-0.2, -0.15) is 0 Å². The Morgan fingerprint density at radius 2 is 2.11 bits per heavy atom. The van der Waals surface area contributed by atoms with Crippen LogP contribution in [0.2, 0.25) is 0 Å². The number of amidine groups is 1. The second-order valence-corrected chi connectivity index (χ2v) is 7.31. The van der Waals surface area contributed by atoms with Crippen LogP contribution in [0.25, 0.3) is 0 Å². The molecule has 0 amide bonds. The van der Waals surface area contributed by atoms with Crippen molar-refractivity contribution in [3.05, 3.63) is 35.5 Å². The topological polar surface area (TPSA) is 126 Å². The normalized spacial score (nSPS) is 14.1. The van der Waals surface area contributed by atoms with Gasteiger partial charge in [-0.05, 0) is 39.2 Å². The lowest BCUT2D eigenvalue weighted by Gasteiger charge is -2.15. The van der Waals surface area contributed by atoms with Crippen molar-refractivity contribution in [1.29, 1.82) is 5.41 Å². The summed E-state index contributed by atoms with van der Waals surface area (Å²) in [6, 6.07) is 5.15. The van der Waals surface area contributed by atoms with E-state index in [2.05, 4.69) is 20.8 Å². The van der Waals surface area contributed by atoms with E-state index < -0.39 is 11.6 Å². The van der Waals surface area contributed by atoms with Gasteiger partial charge in [-0.15, -0.1) is 11.8 Å². The van der Waals surface area contributed by atoms with Crippen LogP contribution in [0.15, 0.2) is 29.4 Å². The number of ketones is 1. The Morgan fingerprint density at radius 1 is 1.36 bits per heavy atom. The molecule has 28 heavy (non-hydrogen) atoms. The molecule has 0 aliphatic carbocycles. The molecule has 0 fully saturated rings. The molecule has 0 saturated carbocycles. The lowest BCUT2D eigenvalue weighted by Crippen LogP contribution is -2.31. The van der Waals surface area contributed by atoms with E-state index in [1.54, 1.807) is 38.3 Å². The third kappa shape index (κ3) is 3.91. The summed E-state index contributed by atoms with van der Waals surface area (Å²) in [5, 5.41) is 10.7. The summed E-state index contributed by atoms with van der Waals surface area (Å²) in [6.45, 7) is 4.90. The minimum atomic E-state index is -0.881. The molecule has 1 aliphatic rings. The van der Waals surface area contributed by atoms with Gasteiger partial charge in [-0.3, -0.25) is 10.2 Å². The summed E-state index contributed by atoms with van der Waals surface area (Å²) in [4.78, 5) is 37.6. The van der Waals surface area contributed by atoms with Crippen LogP contribution in [0.1, 0.15) is 41.5 Å². The molecule has 0 unspecified atom stereocenters. The number of ether oxygens (including phenoxy) is 1. The van der Waals surface area contributed by atoms with Gasteiger partial charge >= 0.3 is 5.97 Å². The summed E-state index contributed by atoms with van der Waals surface area (Å²) in [7, 11) is 0. The highest BCUT2D eigenvalue weighted by Gasteiger charge is 2.39. The molecule has 146 valence electrons. The fourth-order valence-electron chi connectivity index (χ4n) is 2.55. The van der Waals surface area contributed by atoms with E-state index in [-0.39, 0.29) is 23.1 Å². The third-order valence-electron chi connectivity index (χ3n) is 3.86. The van der Waals surface area contributed by atoms with Crippen LogP contribution in [-0.2, 0) is 4.84 Å². The van der Waals surface area contributed by atoms with E-state index in [0.29, 0.717) is 22.0 Å². The van der Waals surface area contributed by atoms with Gasteiger partial charge in [-0.25, -0.2) is 20.2 Å². The Labute approximate surface area is 165 Å². The van der Waals surface area contributed by atoms with Crippen LogP contribution in [-0.4, -0.2) is 39.4 Å². The van der Waals surface area contributed by atoms with E-state index in [9.17, 15) is 9.59 Å². The van der Waals surface area contributed by atoms with Crippen molar-refractivity contribution in [2.24, 2.45) is 0 Å². The number of Topliss-reactive ketones (excluding diaryl/α,β-unsaturated/α-hetero) is 1. The molecule has 0 atom stereocenters. The fraction of sp³-hybridized carbons (Fsp3) is 0.278. The number of anilines is 2. The first kappa shape index (κ1) is 19.6. The minimum absolute atomic E-state index is 0.00116. The lowest BCUT2D eigenvalue weighted by molar-refractivity contribution is 0.0378. The molecule has 2 heterocycles. The lowest BCUT2D eigenvalue weighted by atomic mass is 10.00. The number of nitrogens with zero attached hydrogens (tertiary/aromatic N) is 2. The van der Waals surface area contributed by atoms with E-state index in [1.165, 1.54) is 24.9 Å². The highest BCUT2D eigenvalue weighted by Crippen LogP contribution is 2.37. The van der Waals surface area contributed by atoms with Gasteiger partial charge < -0.3 is 14.9 Å². The van der Waals surface area contributed by atoms with Gasteiger partial charge in [0.15, 0.2) is 5.60 Å². The summed E-state index contributed by atoms with van der Waals surface area (Å²) in [5.41, 5.74) is 2.67. The maximum absolute atomic E-state index is 12.2. The Bertz CT molecular complexity index is 976. The second-order valence-electron chi connectivity index (χ2n) is 6.51. The monoisotopic (exact) mass is 401 g/mol. The Morgan fingerprint density at radius 3 is 2.79 bits per heavy atom. The smallest absolute Gasteiger partial charge is 0.367 e. The molecule has 2 aromatic rings. The van der Waals surface area contributed by atoms with E-state index >= 15 is 0 Å². The third-order valence-corrected chi connectivity index (χ3v) is 4.56. The number of carbonyl (C=O) groups is 2. The second kappa shape index (κ2) is 7.47. The van der Waals surface area contributed by atoms with Gasteiger partial charge in [0, 0.05) is 18.0 Å². The molecule has 1 aromatic carbocycles. The zero-order valence-electron chi connectivity index (χ0n) is 15.7. The molecule has 1 aromatic heterocycles. The number of fused-ring (bicyclic) bond motifs is 1. The molecule has 10 heteroatoms. The van der Waals surface area contributed by atoms with Crippen LogP contribution in [0.3, 0.4) is 0 Å². The maximum Gasteiger partial charge on any atom is 0.367 e. The Kier molecular flexibility index (Phi) is 5.23. The molecular weight excluding hydrogens is 382 g/mol. The fourth-order valence-corrected chi connectivity index (χ4v) is 3.08.